The number of carbonyl (C=O) groups is 1. The lowest BCUT2D eigenvalue weighted by Gasteiger charge is -2.18. The minimum absolute atomic E-state index is 0. The molecule has 0 fully saturated rings. The molecule has 0 aliphatic carbocycles. The van der Waals surface area contributed by atoms with Crippen molar-refractivity contribution in [3.8, 4) is 0 Å². The van der Waals surface area contributed by atoms with E-state index in [1.165, 1.54) is 11.3 Å². The van der Waals surface area contributed by atoms with E-state index < -0.39 is 0 Å². The lowest BCUT2D eigenvalue weighted by molar-refractivity contribution is 0.0953. The molecule has 0 saturated heterocycles. The van der Waals surface area contributed by atoms with E-state index in [2.05, 4.69) is 48.7 Å². The van der Waals surface area contributed by atoms with Gasteiger partial charge in [-0.1, -0.05) is 19.1 Å². The van der Waals surface area contributed by atoms with Gasteiger partial charge in [0, 0.05) is 37.4 Å². The molecule has 3 N–H and O–H groups in total. The summed E-state index contributed by atoms with van der Waals surface area (Å²) in [7, 11) is 1.98. The fraction of sp³-hybridized carbons (Fsp3) is 0.522. The van der Waals surface area contributed by atoms with Crippen molar-refractivity contribution >= 4 is 35.8 Å². The van der Waals surface area contributed by atoms with Crippen LogP contribution in [0.4, 0.5) is 0 Å². The van der Waals surface area contributed by atoms with E-state index in [-0.39, 0.29) is 35.9 Å². The Hall–Kier alpha value is -2.10. The van der Waals surface area contributed by atoms with E-state index in [4.69, 9.17) is 4.99 Å². The molecule has 8 heteroatoms. The van der Waals surface area contributed by atoms with Gasteiger partial charge in [0.25, 0.3) is 5.91 Å². The summed E-state index contributed by atoms with van der Waals surface area (Å²) in [6, 6.07) is 7.85. The zero-order chi connectivity index (χ0) is 22.1. The highest BCUT2D eigenvalue weighted by molar-refractivity contribution is 14.0. The summed E-state index contributed by atoms with van der Waals surface area (Å²) in [5.41, 5.74) is 5.22. The van der Waals surface area contributed by atoms with Crippen LogP contribution < -0.4 is 16.0 Å². The van der Waals surface area contributed by atoms with Crippen LogP contribution in [0.3, 0.4) is 0 Å². The summed E-state index contributed by atoms with van der Waals surface area (Å²) >= 11 is 0. The monoisotopic (exact) mass is 540 g/mol. The van der Waals surface area contributed by atoms with Gasteiger partial charge in [0.05, 0.1) is 12.2 Å². The fourth-order valence-corrected chi connectivity index (χ4v) is 3.35. The maximum absolute atomic E-state index is 12.2. The smallest absolute Gasteiger partial charge is 0.251 e. The maximum Gasteiger partial charge on any atom is 0.251 e. The molecule has 7 nitrogen and oxygen atoms in total. The van der Waals surface area contributed by atoms with Crippen LogP contribution in [0.2, 0.25) is 0 Å². The van der Waals surface area contributed by atoms with E-state index in [0.29, 0.717) is 18.7 Å². The number of aromatic nitrogens is 2. The molecule has 0 aliphatic heterocycles. The predicted octanol–water partition coefficient (Wildman–Crippen LogP) is 3.48. The molecule has 0 spiro atoms. The summed E-state index contributed by atoms with van der Waals surface area (Å²) in [4.78, 5) is 16.9. The molecule has 2 aromatic rings. The summed E-state index contributed by atoms with van der Waals surface area (Å²) in [5.74, 6) is 0.730. The number of rotatable bonds is 9. The minimum Gasteiger partial charge on any atom is -0.357 e. The lowest BCUT2D eigenvalue weighted by atomic mass is 10.1. The number of aryl methyl sites for hydroxylation is 2. The fourth-order valence-electron chi connectivity index (χ4n) is 3.35. The van der Waals surface area contributed by atoms with Gasteiger partial charge in [-0.2, -0.15) is 5.10 Å². The van der Waals surface area contributed by atoms with Crippen molar-refractivity contribution in [2.75, 3.05) is 13.1 Å². The van der Waals surface area contributed by atoms with Crippen molar-refractivity contribution in [3.63, 3.8) is 0 Å². The number of guanidine groups is 1. The third-order valence-corrected chi connectivity index (χ3v) is 5.04. The van der Waals surface area contributed by atoms with E-state index in [0.717, 1.165) is 36.6 Å². The summed E-state index contributed by atoms with van der Waals surface area (Å²) in [6.07, 6.45) is 1.80. The topological polar surface area (TPSA) is 83.3 Å². The van der Waals surface area contributed by atoms with Crippen LogP contribution in [-0.2, 0) is 20.0 Å². The van der Waals surface area contributed by atoms with Crippen LogP contribution in [0.5, 0.6) is 0 Å². The SMILES string of the molecule is CCCNC(=O)c1cccc(CN=C(NCC)NC(C)Cc2c(C)nn(C)c2C)c1.I. The highest BCUT2D eigenvalue weighted by Gasteiger charge is 2.14. The largest absolute Gasteiger partial charge is 0.357 e. The molecule has 1 aromatic carbocycles. The molecule has 172 valence electrons. The zero-order valence-electron chi connectivity index (χ0n) is 19.6. The van der Waals surface area contributed by atoms with Gasteiger partial charge in [0.1, 0.15) is 0 Å². The summed E-state index contributed by atoms with van der Waals surface area (Å²) < 4.78 is 1.93. The van der Waals surface area contributed by atoms with E-state index >= 15 is 0 Å². The maximum atomic E-state index is 12.2. The predicted molar refractivity (Wildman–Crippen MR) is 138 cm³/mol. The van der Waals surface area contributed by atoms with Gasteiger partial charge in [-0.25, -0.2) is 4.99 Å². The Morgan fingerprint density at radius 2 is 1.97 bits per heavy atom. The molecule has 1 heterocycles. The van der Waals surface area contributed by atoms with Crippen LogP contribution in [-0.4, -0.2) is 40.8 Å². The second kappa shape index (κ2) is 13.3. The number of halogens is 1. The molecule has 1 aromatic heterocycles. The summed E-state index contributed by atoms with van der Waals surface area (Å²) in [5, 5.41) is 14.2. The minimum atomic E-state index is -0.0384. The highest BCUT2D eigenvalue weighted by Crippen LogP contribution is 2.14. The zero-order valence-corrected chi connectivity index (χ0v) is 21.9. The first-order chi connectivity index (χ1) is 14.3. The summed E-state index contributed by atoms with van der Waals surface area (Å²) in [6.45, 7) is 12.4. The van der Waals surface area contributed by atoms with E-state index in [1.54, 1.807) is 0 Å². The van der Waals surface area contributed by atoms with Crippen LogP contribution in [0.25, 0.3) is 0 Å². The van der Waals surface area contributed by atoms with Crippen molar-refractivity contribution < 1.29 is 4.79 Å². The molecule has 0 aliphatic rings. The number of benzene rings is 1. The van der Waals surface area contributed by atoms with Gasteiger partial charge in [-0.15, -0.1) is 24.0 Å². The normalized spacial score (nSPS) is 12.1. The second-order valence-electron chi connectivity index (χ2n) is 7.67. The molecular formula is C23H37IN6O. The van der Waals surface area contributed by atoms with Gasteiger partial charge in [0.15, 0.2) is 5.96 Å². The first-order valence-electron chi connectivity index (χ1n) is 10.8. The molecule has 1 unspecified atom stereocenters. The third kappa shape index (κ3) is 8.16. The number of carbonyl (C=O) groups excluding carboxylic acids is 1. The van der Waals surface area contributed by atoms with Crippen molar-refractivity contribution in [2.24, 2.45) is 12.0 Å². The Morgan fingerprint density at radius 3 is 2.58 bits per heavy atom. The van der Waals surface area contributed by atoms with Crippen LogP contribution in [0, 0.1) is 13.8 Å². The molecular weight excluding hydrogens is 503 g/mol. The van der Waals surface area contributed by atoms with E-state index in [9.17, 15) is 4.79 Å². The first-order valence-corrected chi connectivity index (χ1v) is 10.8. The number of nitrogens with one attached hydrogen (secondary N) is 3. The van der Waals surface area contributed by atoms with Crippen molar-refractivity contribution in [1.82, 2.24) is 25.7 Å². The standard InChI is InChI=1S/C23H36N6O.HI/c1-7-12-25-22(30)20-11-9-10-19(14-20)15-26-23(24-8-2)27-16(3)13-21-17(4)28-29(6)18(21)5;/h9-11,14,16H,7-8,12-13,15H2,1-6H3,(H,25,30)(H2,24,26,27);1H. The van der Waals surface area contributed by atoms with Gasteiger partial charge in [-0.05, 0) is 63.8 Å². The molecule has 0 radical (unpaired) electrons. The number of nitrogens with zero attached hydrogens (tertiary/aromatic N) is 3. The molecule has 1 atom stereocenters. The van der Waals surface area contributed by atoms with Crippen molar-refractivity contribution in [2.45, 2.75) is 60.0 Å². The van der Waals surface area contributed by atoms with Crippen LogP contribution >= 0.6 is 24.0 Å². The van der Waals surface area contributed by atoms with E-state index in [1.807, 2.05) is 42.9 Å². The molecule has 0 bridgehead atoms. The Labute approximate surface area is 203 Å². The quantitative estimate of drug-likeness (QED) is 0.259. The second-order valence-corrected chi connectivity index (χ2v) is 7.67. The molecule has 0 saturated carbocycles. The Morgan fingerprint density at radius 1 is 1.23 bits per heavy atom. The number of aliphatic imine (C=N–C) groups is 1. The number of amides is 1. The van der Waals surface area contributed by atoms with Gasteiger partial charge in [0.2, 0.25) is 0 Å². The first kappa shape index (κ1) is 26.9. The van der Waals surface area contributed by atoms with Gasteiger partial charge < -0.3 is 16.0 Å². The van der Waals surface area contributed by atoms with Crippen LogP contribution in [0.1, 0.15) is 60.1 Å². The lowest BCUT2D eigenvalue weighted by Crippen LogP contribution is -2.43. The molecule has 1 amide bonds. The van der Waals surface area contributed by atoms with Crippen molar-refractivity contribution in [1.29, 1.82) is 0 Å². The average molecular weight is 540 g/mol. The van der Waals surface area contributed by atoms with Crippen LogP contribution in [0.15, 0.2) is 29.3 Å². The Kier molecular flexibility index (Phi) is 11.6. The van der Waals surface area contributed by atoms with Gasteiger partial charge >= 0.3 is 0 Å². The average Bonchev–Trinajstić information content (AvgIpc) is 2.96. The number of hydrogen-bond acceptors (Lipinski definition) is 3. The molecule has 2 rings (SSSR count). The Bertz CT molecular complexity index is 877. The third-order valence-electron chi connectivity index (χ3n) is 5.04. The number of hydrogen-bond donors (Lipinski definition) is 3. The molecule has 31 heavy (non-hydrogen) atoms. The van der Waals surface area contributed by atoms with Gasteiger partial charge in [-0.3, -0.25) is 9.48 Å². The highest BCUT2D eigenvalue weighted by atomic mass is 127. The Balaban J connectivity index is 0.00000480. The van der Waals surface area contributed by atoms with Crippen molar-refractivity contribution in [3.05, 3.63) is 52.3 Å².